The number of carbonyl (C=O) groups excluding carboxylic acids is 3. The van der Waals surface area contributed by atoms with Gasteiger partial charge in [0, 0.05) is 26.8 Å². The number of carbonyl (C=O) groups is 3. The Morgan fingerprint density at radius 3 is 2.19 bits per heavy atom. The fourth-order valence-electron chi connectivity index (χ4n) is 4.10. The van der Waals surface area contributed by atoms with Crippen LogP contribution in [0.3, 0.4) is 0 Å². The molecule has 184 valence electrons. The summed E-state index contributed by atoms with van der Waals surface area (Å²) in [6, 6.07) is 15.6. The molecule has 0 unspecified atom stereocenters. The first-order valence-electron chi connectivity index (χ1n) is 11.1. The molecule has 3 aromatic carbocycles. The van der Waals surface area contributed by atoms with E-state index in [1.165, 1.54) is 4.68 Å². The van der Waals surface area contributed by atoms with Crippen molar-refractivity contribution in [2.45, 2.75) is 27.7 Å². The summed E-state index contributed by atoms with van der Waals surface area (Å²) in [6.07, 6.45) is 0. The van der Waals surface area contributed by atoms with Crippen molar-refractivity contribution in [2.75, 3.05) is 16.1 Å². The molecule has 0 spiro atoms. The van der Waals surface area contributed by atoms with Gasteiger partial charge >= 0.3 is 11.8 Å². The number of halogens is 2. The zero-order valence-electron chi connectivity index (χ0n) is 20.1. The summed E-state index contributed by atoms with van der Waals surface area (Å²) in [4.78, 5) is 39.0. The minimum absolute atomic E-state index is 0.107. The normalized spacial score (nSPS) is 10.8. The van der Waals surface area contributed by atoms with Crippen molar-refractivity contribution in [1.29, 1.82) is 0 Å². The minimum Gasteiger partial charge on any atom is -0.320 e. The number of hydrogen-bond donors (Lipinski definition) is 3. The van der Waals surface area contributed by atoms with Crippen LogP contribution >= 0.6 is 23.2 Å². The first-order valence-corrected chi connectivity index (χ1v) is 11.9. The van der Waals surface area contributed by atoms with E-state index in [0.29, 0.717) is 37.9 Å². The number of anilines is 2. The lowest BCUT2D eigenvalue weighted by Crippen LogP contribution is -2.36. The van der Waals surface area contributed by atoms with Crippen LogP contribution in [0.5, 0.6) is 0 Å². The Bertz CT molecular complexity index is 1520. The molecule has 4 rings (SSSR count). The predicted molar refractivity (Wildman–Crippen MR) is 145 cm³/mol. The molecule has 0 saturated heterocycles. The summed E-state index contributed by atoms with van der Waals surface area (Å²) in [6.45, 7) is 7.46. The zero-order chi connectivity index (χ0) is 26.1. The molecular formula is C27H24Cl2N4O3. The molecule has 36 heavy (non-hydrogen) atoms. The Hall–Kier alpha value is -3.81. The van der Waals surface area contributed by atoms with Gasteiger partial charge in [0.2, 0.25) is 0 Å². The van der Waals surface area contributed by atoms with Crippen LogP contribution in [-0.4, -0.2) is 22.4 Å². The molecule has 1 heterocycles. The Labute approximate surface area is 218 Å². The monoisotopic (exact) mass is 522 g/mol. The van der Waals surface area contributed by atoms with Crippen LogP contribution in [0, 0.1) is 27.7 Å². The number of benzene rings is 3. The molecular weight excluding hydrogens is 499 g/mol. The average molecular weight is 523 g/mol. The number of nitrogens with zero attached hydrogens (tertiary/aromatic N) is 1. The van der Waals surface area contributed by atoms with E-state index in [2.05, 4.69) is 16.1 Å². The molecule has 0 aliphatic heterocycles. The third kappa shape index (κ3) is 5.08. The van der Waals surface area contributed by atoms with E-state index in [0.717, 1.165) is 16.7 Å². The van der Waals surface area contributed by atoms with Gasteiger partial charge in [0.1, 0.15) is 5.69 Å². The average Bonchev–Trinajstić information content (AvgIpc) is 3.16. The molecule has 0 atom stereocenters. The molecule has 3 amide bonds. The highest BCUT2D eigenvalue weighted by molar-refractivity contribution is 6.42. The highest BCUT2D eigenvalue weighted by Gasteiger charge is 2.22. The van der Waals surface area contributed by atoms with Gasteiger partial charge in [-0.05, 0) is 80.8 Å². The Balaban J connectivity index is 1.66. The fraction of sp³-hybridized carbons (Fsp3) is 0.148. The minimum atomic E-state index is -0.935. The molecule has 4 aromatic rings. The van der Waals surface area contributed by atoms with Crippen molar-refractivity contribution in [3.63, 3.8) is 0 Å². The van der Waals surface area contributed by atoms with Gasteiger partial charge in [-0.3, -0.25) is 19.8 Å². The van der Waals surface area contributed by atoms with Crippen LogP contribution in [0.2, 0.25) is 10.0 Å². The van der Waals surface area contributed by atoms with Crippen LogP contribution in [0.25, 0.3) is 10.9 Å². The summed E-state index contributed by atoms with van der Waals surface area (Å²) in [5, 5.41) is 7.08. The van der Waals surface area contributed by atoms with Crippen molar-refractivity contribution in [3.05, 3.63) is 92.6 Å². The fourth-order valence-corrected chi connectivity index (χ4v) is 4.46. The van der Waals surface area contributed by atoms with Crippen LogP contribution in [0.4, 0.5) is 11.4 Å². The zero-order valence-corrected chi connectivity index (χ0v) is 21.6. The summed E-state index contributed by atoms with van der Waals surface area (Å²) < 4.78 is 1.28. The number of aromatic nitrogens is 1. The van der Waals surface area contributed by atoms with Gasteiger partial charge in [-0.1, -0.05) is 47.0 Å². The summed E-state index contributed by atoms with van der Waals surface area (Å²) in [5.74, 6) is -2.30. The van der Waals surface area contributed by atoms with E-state index in [1.54, 1.807) is 49.4 Å². The maximum absolute atomic E-state index is 13.3. The quantitative estimate of drug-likeness (QED) is 0.281. The number of rotatable bonds is 4. The summed E-state index contributed by atoms with van der Waals surface area (Å²) in [5.41, 5.74) is 7.68. The van der Waals surface area contributed by atoms with Crippen LogP contribution in [-0.2, 0) is 9.59 Å². The van der Waals surface area contributed by atoms with E-state index in [1.807, 2.05) is 32.9 Å². The lowest BCUT2D eigenvalue weighted by Gasteiger charge is -2.15. The second-order valence-electron chi connectivity index (χ2n) is 8.60. The van der Waals surface area contributed by atoms with Crippen molar-refractivity contribution < 1.29 is 14.4 Å². The highest BCUT2D eigenvalue weighted by atomic mass is 35.5. The van der Waals surface area contributed by atoms with Gasteiger partial charge in [-0.25, -0.2) is 4.68 Å². The van der Waals surface area contributed by atoms with Gasteiger partial charge in [0.25, 0.3) is 5.91 Å². The maximum Gasteiger partial charge on any atom is 0.328 e. The smallest absolute Gasteiger partial charge is 0.320 e. The standard InChI is InChI=1S/C27H24Cl2N4O3/c1-14-10-15(2)24(16(3)11-14)31-26(35)27(36)32-33-22-9-8-19(28)12-18(22)13-23(33)25(34)30-21-7-5-6-20(29)17(21)4/h5-13H,1-4H3,(H,30,34)(H,31,35)(H,32,36). The summed E-state index contributed by atoms with van der Waals surface area (Å²) in [7, 11) is 0. The molecule has 1 aromatic heterocycles. The molecule has 0 bridgehead atoms. The maximum atomic E-state index is 13.3. The third-order valence-corrected chi connectivity index (χ3v) is 6.49. The van der Waals surface area contributed by atoms with Crippen molar-refractivity contribution >= 4 is 63.2 Å². The third-order valence-electron chi connectivity index (χ3n) is 5.85. The first kappa shape index (κ1) is 25.3. The Kier molecular flexibility index (Phi) is 7.06. The first-order chi connectivity index (χ1) is 17.0. The molecule has 0 saturated carbocycles. The molecule has 0 fully saturated rings. The van der Waals surface area contributed by atoms with E-state index in [4.69, 9.17) is 23.2 Å². The molecule has 3 N–H and O–H groups in total. The van der Waals surface area contributed by atoms with E-state index in [9.17, 15) is 14.4 Å². The molecule has 0 aliphatic carbocycles. The van der Waals surface area contributed by atoms with Gasteiger partial charge in [-0.15, -0.1) is 0 Å². The number of aryl methyl sites for hydroxylation is 3. The van der Waals surface area contributed by atoms with E-state index in [-0.39, 0.29) is 5.69 Å². The number of amides is 3. The molecule has 0 radical (unpaired) electrons. The number of nitrogens with one attached hydrogen (secondary N) is 3. The Morgan fingerprint density at radius 1 is 0.806 bits per heavy atom. The van der Waals surface area contributed by atoms with Crippen molar-refractivity contribution in [2.24, 2.45) is 0 Å². The number of hydrogen-bond acceptors (Lipinski definition) is 3. The van der Waals surface area contributed by atoms with Gasteiger partial charge in [-0.2, -0.15) is 0 Å². The van der Waals surface area contributed by atoms with E-state index >= 15 is 0 Å². The Morgan fingerprint density at radius 2 is 1.50 bits per heavy atom. The second-order valence-corrected chi connectivity index (χ2v) is 9.45. The van der Waals surface area contributed by atoms with Crippen LogP contribution in [0.15, 0.2) is 54.6 Å². The van der Waals surface area contributed by atoms with Crippen molar-refractivity contribution in [1.82, 2.24) is 4.68 Å². The SMILES string of the molecule is Cc1cc(C)c(NC(=O)C(=O)Nn2c(C(=O)Nc3cccc(Cl)c3C)cc3cc(Cl)ccc32)c(C)c1. The number of fused-ring (bicyclic) bond motifs is 1. The van der Waals surface area contributed by atoms with Crippen LogP contribution in [0.1, 0.15) is 32.7 Å². The van der Waals surface area contributed by atoms with Gasteiger partial charge < -0.3 is 10.6 Å². The topological polar surface area (TPSA) is 92.2 Å². The molecule has 9 heteroatoms. The van der Waals surface area contributed by atoms with Gasteiger partial charge in [0.15, 0.2) is 0 Å². The molecule has 7 nitrogen and oxygen atoms in total. The summed E-state index contributed by atoms with van der Waals surface area (Å²) >= 11 is 12.3. The lowest BCUT2D eigenvalue weighted by molar-refractivity contribution is -0.133. The second kappa shape index (κ2) is 10.0. The lowest BCUT2D eigenvalue weighted by atomic mass is 10.1. The van der Waals surface area contributed by atoms with Crippen LogP contribution < -0.4 is 16.1 Å². The molecule has 0 aliphatic rings. The van der Waals surface area contributed by atoms with Crippen molar-refractivity contribution in [3.8, 4) is 0 Å². The van der Waals surface area contributed by atoms with E-state index < -0.39 is 17.7 Å². The van der Waals surface area contributed by atoms with Gasteiger partial charge in [0.05, 0.1) is 5.52 Å². The largest absolute Gasteiger partial charge is 0.328 e. The predicted octanol–water partition coefficient (Wildman–Crippen LogP) is 6.14. The highest BCUT2D eigenvalue weighted by Crippen LogP contribution is 2.26.